The van der Waals surface area contributed by atoms with Crippen molar-refractivity contribution < 1.29 is 28.4 Å². The number of aliphatic hydroxyl groups excluding tert-OH is 1. The van der Waals surface area contributed by atoms with E-state index in [-0.39, 0.29) is 19.8 Å². The standard InChI is InChI=1S/C27H29FO5/c28-16-23-24(30-17-20-10-4-1-5-11-20)25(31-18-21-12-6-2-7-13-21)26(27(29)33-23)32-19-22-14-8-3-9-15-22/h1-15,23-27,29H,16-19H2/t23-,24-,25+,26+,27+/m1/s1. The number of hydrogen-bond donors (Lipinski definition) is 1. The molecule has 0 aliphatic carbocycles. The first-order chi connectivity index (χ1) is 16.2. The number of aliphatic hydroxyl groups is 1. The van der Waals surface area contributed by atoms with E-state index >= 15 is 0 Å². The molecule has 1 saturated heterocycles. The quantitative estimate of drug-likeness (QED) is 0.493. The second kappa shape index (κ2) is 12.0. The van der Waals surface area contributed by atoms with Crippen LogP contribution in [-0.2, 0) is 38.8 Å². The minimum Gasteiger partial charge on any atom is -0.368 e. The Morgan fingerprint density at radius 3 is 1.42 bits per heavy atom. The smallest absolute Gasteiger partial charge is 0.184 e. The summed E-state index contributed by atoms with van der Waals surface area (Å²) in [6.45, 7) is -0.0262. The van der Waals surface area contributed by atoms with Crippen molar-refractivity contribution in [2.75, 3.05) is 6.67 Å². The molecule has 1 aliphatic rings. The monoisotopic (exact) mass is 452 g/mol. The first-order valence-electron chi connectivity index (χ1n) is 11.1. The SMILES string of the molecule is O[C@H]1O[C@H](CF)[C@@H](OCc2ccccc2)[C@H](OCc2ccccc2)[C@@H]1OCc1ccccc1. The zero-order chi connectivity index (χ0) is 22.9. The topological polar surface area (TPSA) is 57.2 Å². The summed E-state index contributed by atoms with van der Waals surface area (Å²) < 4.78 is 37.9. The summed E-state index contributed by atoms with van der Waals surface area (Å²) in [7, 11) is 0. The van der Waals surface area contributed by atoms with Gasteiger partial charge in [0.05, 0.1) is 19.8 Å². The Balaban J connectivity index is 1.53. The molecule has 4 rings (SSSR count). The van der Waals surface area contributed by atoms with E-state index in [9.17, 15) is 9.50 Å². The first kappa shape index (κ1) is 23.5. The molecule has 5 nitrogen and oxygen atoms in total. The Kier molecular flexibility index (Phi) is 8.58. The van der Waals surface area contributed by atoms with Gasteiger partial charge in [-0.1, -0.05) is 91.0 Å². The number of halogens is 1. The number of alkyl halides is 1. The van der Waals surface area contributed by atoms with Crippen molar-refractivity contribution in [3.05, 3.63) is 108 Å². The molecule has 0 radical (unpaired) electrons. The Hall–Kier alpha value is -2.61. The predicted octanol–water partition coefficient (Wildman–Crippen LogP) is 4.43. The van der Waals surface area contributed by atoms with Crippen molar-refractivity contribution in [2.24, 2.45) is 0 Å². The summed E-state index contributed by atoms with van der Waals surface area (Å²) in [5, 5.41) is 10.7. The third kappa shape index (κ3) is 6.47. The molecule has 33 heavy (non-hydrogen) atoms. The Labute approximate surface area is 193 Å². The molecule has 0 aromatic heterocycles. The Bertz CT molecular complexity index is 941. The normalized spacial score (nSPS) is 25.1. The van der Waals surface area contributed by atoms with Crippen LogP contribution in [0.5, 0.6) is 0 Å². The third-order valence-corrected chi connectivity index (χ3v) is 5.62. The van der Waals surface area contributed by atoms with Crippen molar-refractivity contribution in [3.8, 4) is 0 Å². The van der Waals surface area contributed by atoms with Crippen LogP contribution in [0.25, 0.3) is 0 Å². The average Bonchev–Trinajstić information content (AvgIpc) is 2.87. The summed E-state index contributed by atoms with van der Waals surface area (Å²) in [5.74, 6) is 0. The van der Waals surface area contributed by atoms with E-state index in [4.69, 9.17) is 18.9 Å². The third-order valence-electron chi connectivity index (χ3n) is 5.62. The zero-order valence-electron chi connectivity index (χ0n) is 18.3. The largest absolute Gasteiger partial charge is 0.368 e. The van der Waals surface area contributed by atoms with Crippen LogP contribution in [0.1, 0.15) is 16.7 Å². The van der Waals surface area contributed by atoms with Crippen molar-refractivity contribution >= 4 is 0 Å². The van der Waals surface area contributed by atoms with Crippen molar-refractivity contribution in [1.82, 2.24) is 0 Å². The van der Waals surface area contributed by atoms with Gasteiger partial charge >= 0.3 is 0 Å². The molecule has 1 heterocycles. The molecule has 0 spiro atoms. The van der Waals surface area contributed by atoms with Gasteiger partial charge in [-0.3, -0.25) is 0 Å². The first-order valence-corrected chi connectivity index (χ1v) is 11.1. The summed E-state index contributed by atoms with van der Waals surface area (Å²) in [6.07, 6.45) is -4.66. The number of benzene rings is 3. The molecule has 6 heteroatoms. The molecule has 3 aromatic rings. The highest BCUT2D eigenvalue weighted by atomic mass is 19.1. The molecule has 1 aliphatic heterocycles. The van der Waals surface area contributed by atoms with Crippen LogP contribution in [0.3, 0.4) is 0 Å². The van der Waals surface area contributed by atoms with Gasteiger partial charge in [0.15, 0.2) is 6.29 Å². The maximum Gasteiger partial charge on any atom is 0.184 e. The van der Waals surface area contributed by atoms with Crippen LogP contribution in [0.4, 0.5) is 4.39 Å². The lowest BCUT2D eigenvalue weighted by molar-refractivity contribution is -0.313. The van der Waals surface area contributed by atoms with Crippen molar-refractivity contribution in [3.63, 3.8) is 0 Å². The molecule has 1 fully saturated rings. The molecule has 0 saturated carbocycles. The summed E-state index contributed by atoms with van der Waals surface area (Å²) in [4.78, 5) is 0. The molecular formula is C27H29FO5. The Morgan fingerprint density at radius 1 is 0.606 bits per heavy atom. The van der Waals surface area contributed by atoms with Crippen molar-refractivity contribution in [2.45, 2.75) is 50.5 Å². The van der Waals surface area contributed by atoms with Gasteiger partial charge in [-0.2, -0.15) is 0 Å². The lowest BCUT2D eigenvalue weighted by atomic mass is 9.98. The Morgan fingerprint density at radius 2 is 1.00 bits per heavy atom. The molecule has 5 atom stereocenters. The molecule has 174 valence electrons. The fraction of sp³-hybridized carbons (Fsp3) is 0.333. The van der Waals surface area contributed by atoms with Crippen LogP contribution in [-0.4, -0.2) is 42.5 Å². The van der Waals surface area contributed by atoms with E-state index in [0.29, 0.717) is 0 Å². The van der Waals surface area contributed by atoms with Crippen LogP contribution in [0.15, 0.2) is 91.0 Å². The molecule has 0 bridgehead atoms. The summed E-state index contributed by atoms with van der Waals surface area (Å²) in [5.41, 5.74) is 2.85. The van der Waals surface area contributed by atoms with Gasteiger partial charge in [0.2, 0.25) is 0 Å². The minimum absolute atomic E-state index is 0.253. The van der Waals surface area contributed by atoms with Crippen LogP contribution in [0, 0.1) is 0 Å². The molecule has 1 N–H and O–H groups in total. The average molecular weight is 453 g/mol. The van der Waals surface area contributed by atoms with Gasteiger partial charge in [0.1, 0.15) is 31.1 Å². The van der Waals surface area contributed by atoms with E-state index in [0.717, 1.165) is 16.7 Å². The summed E-state index contributed by atoms with van der Waals surface area (Å²) in [6, 6.07) is 28.9. The lowest BCUT2D eigenvalue weighted by Crippen LogP contribution is -2.60. The van der Waals surface area contributed by atoms with Gasteiger partial charge in [-0.05, 0) is 16.7 Å². The highest BCUT2D eigenvalue weighted by Gasteiger charge is 2.47. The van der Waals surface area contributed by atoms with E-state index in [1.165, 1.54) is 0 Å². The second-order valence-electron chi connectivity index (χ2n) is 8.00. The summed E-state index contributed by atoms with van der Waals surface area (Å²) >= 11 is 0. The van der Waals surface area contributed by atoms with Gasteiger partial charge < -0.3 is 24.1 Å². The zero-order valence-corrected chi connectivity index (χ0v) is 18.3. The second-order valence-corrected chi connectivity index (χ2v) is 8.00. The predicted molar refractivity (Wildman–Crippen MR) is 122 cm³/mol. The van der Waals surface area contributed by atoms with Gasteiger partial charge in [-0.25, -0.2) is 4.39 Å². The molecular weight excluding hydrogens is 423 g/mol. The van der Waals surface area contributed by atoms with E-state index in [1.54, 1.807) is 0 Å². The lowest BCUT2D eigenvalue weighted by Gasteiger charge is -2.43. The number of hydrogen-bond acceptors (Lipinski definition) is 5. The maximum absolute atomic E-state index is 13.9. The van der Waals surface area contributed by atoms with Crippen LogP contribution in [0.2, 0.25) is 0 Å². The van der Waals surface area contributed by atoms with E-state index < -0.39 is 37.4 Å². The fourth-order valence-electron chi connectivity index (χ4n) is 3.89. The number of rotatable bonds is 10. The highest BCUT2D eigenvalue weighted by Crippen LogP contribution is 2.29. The maximum atomic E-state index is 13.9. The van der Waals surface area contributed by atoms with Crippen molar-refractivity contribution in [1.29, 1.82) is 0 Å². The van der Waals surface area contributed by atoms with Gasteiger partial charge in [-0.15, -0.1) is 0 Å². The minimum atomic E-state index is -1.34. The van der Waals surface area contributed by atoms with Crippen LogP contribution >= 0.6 is 0 Å². The highest BCUT2D eigenvalue weighted by molar-refractivity contribution is 5.15. The molecule has 3 aromatic carbocycles. The molecule has 0 amide bonds. The van der Waals surface area contributed by atoms with Crippen LogP contribution < -0.4 is 0 Å². The van der Waals surface area contributed by atoms with Gasteiger partial charge in [0.25, 0.3) is 0 Å². The fourth-order valence-corrected chi connectivity index (χ4v) is 3.89. The molecule has 0 unspecified atom stereocenters. The van der Waals surface area contributed by atoms with E-state index in [1.807, 2.05) is 91.0 Å². The number of ether oxygens (including phenoxy) is 4. The van der Waals surface area contributed by atoms with E-state index in [2.05, 4.69) is 0 Å². The van der Waals surface area contributed by atoms with Gasteiger partial charge in [0, 0.05) is 0 Å².